The molecule has 0 bridgehead atoms. The summed E-state index contributed by atoms with van der Waals surface area (Å²) in [5, 5.41) is 4.78. The van der Waals surface area contributed by atoms with E-state index in [1.165, 1.54) is 33.5 Å². The molecular weight excluding hydrogens is 643 g/mol. The number of pyridine rings is 1. The molecule has 3 nitrogen and oxygen atoms in total. The van der Waals surface area contributed by atoms with Crippen molar-refractivity contribution < 1.29 is 20.1 Å². The fourth-order valence-electron chi connectivity index (χ4n) is 5.28. The molecule has 3 heterocycles. The molecule has 195 valence electrons. The normalized spacial score (nSPS) is 14.3. The van der Waals surface area contributed by atoms with Gasteiger partial charge in [0.15, 0.2) is 0 Å². The van der Waals surface area contributed by atoms with Crippen molar-refractivity contribution >= 4 is 0 Å². The van der Waals surface area contributed by atoms with Gasteiger partial charge >= 0.3 is 0 Å². The topological polar surface area (TPSA) is 30.7 Å². The van der Waals surface area contributed by atoms with E-state index in [2.05, 4.69) is 93.7 Å². The number of aromatic nitrogens is 3. The van der Waals surface area contributed by atoms with Crippen LogP contribution in [0.2, 0.25) is 0 Å². The van der Waals surface area contributed by atoms with Gasteiger partial charge in [-0.2, -0.15) is 29.4 Å². The average molecular weight is 676 g/mol. The van der Waals surface area contributed by atoms with Crippen molar-refractivity contribution in [3.05, 3.63) is 126 Å². The summed E-state index contributed by atoms with van der Waals surface area (Å²) >= 11 is 0. The Morgan fingerprint density at radius 1 is 0.763 bits per heavy atom. The molecule has 1 radical (unpaired) electrons. The first-order valence-electron chi connectivity index (χ1n) is 12.8. The molecule has 0 unspecified atom stereocenters. The van der Waals surface area contributed by atoms with Gasteiger partial charge in [-0.15, -0.1) is 41.5 Å². The molecule has 3 aromatic carbocycles. The zero-order valence-corrected chi connectivity index (χ0v) is 25.2. The first kappa shape index (κ1) is 27.7. The molecule has 0 amide bonds. The summed E-state index contributed by atoms with van der Waals surface area (Å²) in [6.45, 7) is 13.7. The Morgan fingerprint density at radius 2 is 1.47 bits per heavy atom. The van der Waals surface area contributed by atoms with Gasteiger partial charge in [0, 0.05) is 37.3 Å². The third-order valence-electron chi connectivity index (χ3n) is 7.83. The molecule has 0 aliphatic carbocycles. The largest absolute Gasteiger partial charge is 0.305 e. The van der Waals surface area contributed by atoms with Crippen molar-refractivity contribution in [2.75, 3.05) is 0 Å². The molecule has 0 saturated heterocycles. The van der Waals surface area contributed by atoms with Gasteiger partial charge in [0.05, 0.1) is 11.9 Å². The quantitative estimate of drug-likeness (QED) is 0.177. The summed E-state index contributed by atoms with van der Waals surface area (Å²) in [5.41, 5.74) is 10.7. The van der Waals surface area contributed by atoms with Gasteiger partial charge in [-0.3, -0.25) is 4.68 Å². The van der Waals surface area contributed by atoms with Crippen LogP contribution in [0, 0.1) is 26.0 Å². The van der Waals surface area contributed by atoms with E-state index in [1.807, 2.05) is 54.7 Å². The van der Waals surface area contributed by atoms with E-state index in [1.54, 1.807) is 6.20 Å². The minimum absolute atomic E-state index is 0. The van der Waals surface area contributed by atoms with Gasteiger partial charge in [0.1, 0.15) is 0 Å². The van der Waals surface area contributed by atoms with Gasteiger partial charge in [-0.05, 0) is 42.3 Å². The van der Waals surface area contributed by atoms with Crippen LogP contribution < -0.4 is 0 Å². The second kappa shape index (κ2) is 10.8. The van der Waals surface area contributed by atoms with E-state index in [0.29, 0.717) is 0 Å². The average Bonchev–Trinajstić information content (AvgIpc) is 3.35. The Bertz CT molecular complexity index is 1480. The molecule has 0 atom stereocenters. The van der Waals surface area contributed by atoms with Crippen LogP contribution in [0.25, 0.3) is 28.1 Å². The molecule has 2 aromatic heterocycles. The monoisotopic (exact) mass is 676 g/mol. The number of aryl methyl sites for hydroxylation is 2. The molecule has 0 N–H and O–H groups in total. The van der Waals surface area contributed by atoms with E-state index in [4.69, 9.17) is 5.10 Å². The fraction of sp³-hybridized carbons (Fsp3) is 0.235. The Morgan fingerprint density at radius 3 is 2.13 bits per heavy atom. The van der Waals surface area contributed by atoms with Crippen molar-refractivity contribution in [3.8, 4) is 28.1 Å². The molecule has 6 rings (SSSR count). The van der Waals surface area contributed by atoms with E-state index in [0.717, 1.165) is 16.9 Å². The number of fused-ring (bicyclic) bond motifs is 3. The molecule has 0 fully saturated rings. The summed E-state index contributed by atoms with van der Waals surface area (Å²) in [5.74, 6) is 0. The number of rotatable bonds is 2. The van der Waals surface area contributed by atoms with Crippen LogP contribution in [0.1, 0.15) is 50.1 Å². The predicted octanol–water partition coefficient (Wildman–Crippen LogP) is 8.07. The standard InChI is InChI=1S/C23H25N2.C11H8N.Ir/c1-15-11-16(2)13-17(12-15)18-14-24-25-20-10-8-7-9-19(20)22(3,4)23(5,6)21(18)25;1-2-6-10(7-3-1)11-8-4-5-9-12-11;/h7-9,11-14H,1-6H3;1-6,8-9H;/q2*-1;. The fourth-order valence-corrected chi connectivity index (χ4v) is 5.28. The van der Waals surface area contributed by atoms with Crippen molar-refractivity contribution in [3.63, 3.8) is 0 Å². The maximum absolute atomic E-state index is 4.78. The summed E-state index contributed by atoms with van der Waals surface area (Å²) in [6, 6.07) is 33.3. The number of nitrogens with zero attached hydrogens (tertiary/aromatic N) is 3. The SMILES string of the molecule is Cc1cc(C)cc(-c2cnn3c2C(C)(C)C(C)(C)c2ccc[c-]c2-3)c1.[Ir].[c-]1ccccc1-c1ccccn1. The van der Waals surface area contributed by atoms with E-state index >= 15 is 0 Å². The van der Waals surface area contributed by atoms with E-state index in [9.17, 15) is 0 Å². The van der Waals surface area contributed by atoms with Gasteiger partial charge in [-0.1, -0.05) is 69.2 Å². The minimum atomic E-state index is -0.0569. The van der Waals surface area contributed by atoms with Crippen LogP contribution in [-0.4, -0.2) is 14.8 Å². The predicted molar refractivity (Wildman–Crippen MR) is 152 cm³/mol. The van der Waals surface area contributed by atoms with Crippen LogP contribution in [0.15, 0.2) is 91.3 Å². The first-order chi connectivity index (χ1) is 17.7. The zero-order valence-electron chi connectivity index (χ0n) is 22.8. The Balaban J connectivity index is 0.000000218. The van der Waals surface area contributed by atoms with Crippen molar-refractivity contribution in [1.82, 2.24) is 14.8 Å². The van der Waals surface area contributed by atoms with E-state index in [-0.39, 0.29) is 30.9 Å². The Hall–Kier alpha value is -3.33. The second-order valence-corrected chi connectivity index (χ2v) is 10.9. The number of benzene rings is 3. The number of hydrogen-bond donors (Lipinski definition) is 0. The summed E-state index contributed by atoms with van der Waals surface area (Å²) in [7, 11) is 0. The van der Waals surface area contributed by atoms with Crippen LogP contribution in [-0.2, 0) is 30.9 Å². The maximum atomic E-state index is 4.78. The Labute approximate surface area is 240 Å². The number of para-hydroxylation sites is 1. The molecule has 1 aliphatic rings. The third kappa shape index (κ3) is 4.91. The van der Waals surface area contributed by atoms with Crippen molar-refractivity contribution in [2.45, 2.75) is 52.4 Å². The third-order valence-corrected chi connectivity index (χ3v) is 7.83. The Kier molecular flexibility index (Phi) is 7.88. The molecule has 0 spiro atoms. The van der Waals surface area contributed by atoms with E-state index < -0.39 is 0 Å². The van der Waals surface area contributed by atoms with Gasteiger partial charge in [0.2, 0.25) is 0 Å². The maximum Gasteiger partial charge on any atom is 0.0575 e. The smallest absolute Gasteiger partial charge is 0.0575 e. The van der Waals surface area contributed by atoms with Crippen LogP contribution in [0.5, 0.6) is 0 Å². The molecule has 1 aliphatic heterocycles. The summed E-state index contributed by atoms with van der Waals surface area (Å²) in [4.78, 5) is 4.22. The van der Waals surface area contributed by atoms with Crippen molar-refractivity contribution in [2.24, 2.45) is 0 Å². The van der Waals surface area contributed by atoms with Crippen LogP contribution in [0.4, 0.5) is 0 Å². The molecule has 38 heavy (non-hydrogen) atoms. The molecule has 0 saturated carbocycles. The zero-order chi connectivity index (χ0) is 26.2. The molecule has 5 aromatic rings. The molecule has 4 heteroatoms. The van der Waals surface area contributed by atoms with Crippen molar-refractivity contribution in [1.29, 1.82) is 0 Å². The number of hydrogen-bond acceptors (Lipinski definition) is 2. The van der Waals surface area contributed by atoms with Gasteiger partial charge in [0.25, 0.3) is 0 Å². The van der Waals surface area contributed by atoms with Crippen LogP contribution >= 0.6 is 0 Å². The van der Waals surface area contributed by atoms with Gasteiger partial charge < -0.3 is 4.98 Å². The first-order valence-corrected chi connectivity index (χ1v) is 12.8. The second-order valence-electron chi connectivity index (χ2n) is 10.9. The minimum Gasteiger partial charge on any atom is -0.305 e. The molecular formula is C34H33IrN3-2. The summed E-state index contributed by atoms with van der Waals surface area (Å²) < 4.78 is 2.10. The summed E-state index contributed by atoms with van der Waals surface area (Å²) in [6.07, 6.45) is 3.81. The van der Waals surface area contributed by atoms with Gasteiger partial charge in [-0.25, -0.2) is 0 Å². The van der Waals surface area contributed by atoms with Crippen LogP contribution in [0.3, 0.4) is 0 Å².